The van der Waals surface area contributed by atoms with E-state index in [1.807, 2.05) is 6.07 Å². The summed E-state index contributed by atoms with van der Waals surface area (Å²) >= 11 is 0. The molecule has 0 unspecified atom stereocenters. The number of carbonyl (C=O) groups excluding carboxylic acids is 1. The van der Waals surface area contributed by atoms with E-state index in [1.54, 1.807) is 12.3 Å². The quantitative estimate of drug-likeness (QED) is 0.850. The summed E-state index contributed by atoms with van der Waals surface area (Å²) in [5.41, 5.74) is 0.690. The number of hydrogen-bond acceptors (Lipinski definition) is 5. The van der Waals surface area contributed by atoms with Crippen LogP contribution in [0.5, 0.6) is 11.5 Å². The van der Waals surface area contributed by atoms with Crippen molar-refractivity contribution in [3.63, 3.8) is 0 Å². The first-order valence-corrected chi connectivity index (χ1v) is 8.22. The molecule has 3 rings (SSSR count). The fraction of sp³-hybridized carbons (Fsp3) is 0.333. The maximum atomic E-state index is 12.5. The van der Waals surface area contributed by atoms with Crippen molar-refractivity contribution in [1.82, 2.24) is 4.98 Å². The van der Waals surface area contributed by atoms with Gasteiger partial charge in [0.25, 0.3) is 5.91 Å². The number of anilines is 2. The first kappa shape index (κ1) is 17.9. The third-order valence-corrected chi connectivity index (χ3v) is 4.08. The van der Waals surface area contributed by atoms with E-state index in [2.05, 4.69) is 19.9 Å². The molecule has 1 aromatic heterocycles. The predicted molar refractivity (Wildman–Crippen MR) is 93.3 cm³/mol. The highest BCUT2D eigenvalue weighted by molar-refractivity contribution is 6.04. The van der Waals surface area contributed by atoms with Gasteiger partial charge in [-0.1, -0.05) is 0 Å². The van der Waals surface area contributed by atoms with Gasteiger partial charge < -0.3 is 19.7 Å². The Morgan fingerprint density at radius 2 is 1.96 bits per heavy atom. The Balaban J connectivity index is 1.71. The zero-order chi connectivity index (χ0) is 18.5. The Hall–Kier alpha value is -2.90. The van der Waals surface area contributed by atoms with Gasteiger partial charge in [-0.05, 0) is 43.2 Å². The largest absolute Gasteiger partial charge is 0.493 e. The number of benzene rings is 1. The summed E-state index contributed by atoms with van der Waals surface area (Å²) < 4.78 is 34.3. The van der Waals surface area contributed by atoms with Crippen LogP contribution in [0.2, 0.25) is 0 Å². The fourth-order valence-corrected chi connectivity index (χ4v) is 2.80. The summed E-state index contributed by atoms with van der Waals surface area (Å²) in [4.78, 5) is 18.9. The number of hydrogen-bond donors (Lipinski definition) is 1. The molecule has 1 aliphatic rings. The molecular formula is C18H19F2N3O3. The van der Waals surface area contributed by atoms with Crippen LogP contribution in [0.25, 0.3) is 0 Å². The second-order valence-corrected chi connectivity index (χ2v) is 5.80. The second kappa shape index (κ2) is 7.99. The SMILES string of the molecule is COc1ccc(C(=O)Nc2ccc(N3CCCC3)nc2)cc1OC(F)F. The number of methoxy groups -OCH3 is 1. The van der Waals surface area contributed by atoms with Gasteiger partial charge in [0.2, 0.25) is 0 Å². The minimum atomic E-state index is -3.01. The standard InChI is InChI=1S/C18H19F2N3O3/c1-25-14-6-4-12(10-15(14)26-18(19)20)17(24)22-13-5-7-16(21-11-13)23-8-2-3-9-23/h4-7,10-11,18H,2-3,8-9H2,1H3,(H,22,24). The van der Waals surface area contributed by atoms with Crippen molar-refractivity contribution in [1.29, 1.82) is 0 Å². The third kappa shape index (κ3) is 4.19. The lowest BCUT2D eigenvalue weighted by Crippen LogP contribution is -2.19. The Bertz CT molecular complexity index is 763. The number of amides is 1. The third-order valence-electron chi connectivity index (χ3n) is 4.08. The van der Waals surface area contributed by atoms with E-state index in [0.29, 0.717) is 5.69 Å². The Kier molecular flexibility index (Phi) is 5.50. The first-order chi connectivity index (χ1) is 12.6. The maximum absolute atomic E-state index is 12.5. The first-order valence-electron chi connectivity index (χ1n) is 8.22. The highest BCUT2D eigenvalue weighted by Crippen LogP contribution is 2.30. The van der Waals surface area contributed by atoms with Gasteiger partial charge in [0, 0.05) is 18.7 Å². The van der Waals surface area contributed by atoms with Crippen molar-refractivity contribution >= 4 is 17.4 Å². The number of aromatic nitrogens is 1. The van der Waals surface area contributed by atoms with Crippen LogP contribution < -0.4 is 19.7 Å². The van der Waals surface area contributed by atoms with E-state index in [4.69, 9.17) is 4.74 Å². The summed E-state index contributed by atoms with van der Waals surface area (Å²) in [5.74, 6) is 0.344. The zero-order valence-electron chi connectivity index (χ0n) is 14.2. The molecule has 0 atom stereocenters. The van der Waals surface area contributed by atoms with E-state index in [0.717, 1.165) is 31.7 Å². The highest BCUT2D eigenvalue weighted by Gasteiger charge is 2.16. The van der Waals surface area contributed by atoms with E-state index in [9.17, 15) is 13.6 Å². The Morgan fingerprint density at radius 1 is 1.19 bits per heavy atom. The topological polar surface area (TPSA) is 63.7 Å². The van der Waals surface area contributed by atoms with Crippen LogP contribution in [0.15, 0.2) is 36.5 Å². The Labute approximate surface area is 149 Å². The lowest BCUT2D eigenvalue weighted by molar-refractivity contribution is -0.0512. The number of pyridine rings is 1. The van der Waals surface area contributed by atoms with Crippen molar-refractivity contribution < 1.29 is 23.0 Å². The number of rotatable bonds is 6. The fourth-order valence-electron chi connectivity index (χ4n) is 2.80. The number of halogens is 2. The van der Waals surface area contributed by atoms with Gasteiger partial charge >= 0.3 is 6.61 Å². The van der Waals surface area contributed by atoms with Crippen LogP contribution >= 0.6 is 0 Å². The molecule has 8 heteroatoms. The van der Waals surface area contributed by atoms with Crippen LogP contribution in [-0.4, -0.2) is 37.7 Å². The number of ether oxygens (including phenoxy) is 2. The molecule has 1 fully saturated rings. The number of alkyl halides is 2. The normalized spacial score (nSPS) is 13.8. The Morgan fingerprint density at radius 3 is 2.58 bits per heavy atom. The number of nitrogens with zero attached hydrogens (tertiary/aromatic N) is 2. The predicted octanol–water partition coefficient (Wildman–Crippen LogP) is 3.54. The van der Waals surface area contributed by atoms with Gasteiger partial charge in [0.05, 0.1) is 19.0 Å². The molecule has 0 saturated carbocycles. The van der Waals surface area contributed by atoms with Gasteiger partial charge in [0.1, 0.15) is 5.82 Å². The molecule has 1 saturated heterocycles. The summed E-state index contributed by atoms with van der Waals surface area (Å²) in [7, 11) is 1.33. The molecule has 26 heavy (non-hydrogen) atoms. The van der Waals surface area contributed by atoms with E-state index >= 15 is 0 Å². The monoisotopic (exact) mass is 363 g/mol. The van der Waals surface area contributed by atoms with E-state index in [-0.39, 0.29) is 17.1 Å². The highest BCUT2D eigenvalue weighted by atomic mass is 19.3. The van der Waals surface area contributed by atoms with Gasteiger partial charge in [-0.15, -0.1) is 0 Å². The van der Waals surface area contributed by atoms with Gasteiger partial charge in [-0.2, -0.15) is 8.78 Å². The summed E-state index contributed by atoms with van der Waals surface area (Å²) in [6.45, 7) is -1.04. The average molecular weight is 363 g/mol. The van der Waals surface area contributed by atoms with E-state index in [1.165, 1.54) is 25.3 Å². The summed E-state index contributed by atoms with van der Waals surface area (Å²) in [6.07, 6.45) is 3.88. The van der Waals surface area contributed by atoms with Crippen LogP contribution in [0.4, 0.5) is 20.3 Å². The van der Waals surface area contributed by atoms with Crippen molar-refractivity contribution in [2.75, 3.05) is 30.4 Å². The van der Waals surface area contributed by atoms with Gasteiger partial charge in [-0.3, -0.25) is 4.79 Å². The molecule has 1 aromatic carbocycles. The molecule has 0 aliphatic carbocycles. The van der Waals surface area contributed by atoms with E-state index < -0.39 is 12.5 Å². The minimum absolute atomic E-state index is 0.124. The molecule has 0 radical (unpaired) electrons. The van der Waals surface area contributed by atoms with Crippen LogP contribution in [0.1, 0.15) is 23.2 Å². The van der Waals surface area contributed by atoms with Crippen molar-refractivity contribution in [2.24, 2.45) is 0 Å². The van der Waals surface area contributed by atoms with Crippen LogP contribution in [0.3, 0.4) is 0 Å². The van der Waals surface area contributed by atoms with Gasteiger partial charge in [0.15, 0.2) is 11.5 Å². The molecule has 0 bridgehead atoms. The molecule has 2 aromatic rings. The number of nitrogens with one attached hydrogen (secondary N) is 1. The smallest absolute Gasteiger partial charge is 0.387 e. The second-order valence-electron chi connectivity index (χ2n) is 5.80. The van der Waals surface area contributed by atoms with Crippen molar-refractivity contribution in [2.45, 2.75) is 19.5 Å². The minimum Gasteiger partial charge on any atom is -0.493 e. The van der Waals surface area contributed by atoms with Crippen LogP contribution in [0, 0.1) is 0 Å². The lowest BCUT2D eigenvalue weighted by atomic mass is 10.2. The molecular weight excluding hydrogens is 344 g/mol. The number of carbonyl (C=O) groups is 1. The molecule has 1 amide bonds. The molecule has 1 aliphatic heterocycles. The zero-order valence-corrected chi connectivity index (χ0v) is 14.2. The lowest BCUT2D eigenvalue weighted by Gasteiger charge is -2.16. The molecule has 1 N–H and O–H groups in total. The van der Waals surface area contributed by atoms with Crippen molar-refractivity contribution in [3.8, 4) is 11.5 Å². The van der Waals surface area contributed by atoms with Gasteiger partial charge in [-0.25, -0.2) is 4.98 Å². The van der Waals surface area contributed by atoms with Crippen molar-refractivity contribution in [3.05, 3.63) is 42.1 Å². The van der Waals surface area contributed by atoms with Crippen LogP contribution in [-0.2, 0) is 0 Å². The summed E-state index contributed by atoms with van der Waals surface area (Å²) in [6, 6.07) is 7.70. The molecule has 6 nitrogen and oxygen atoms in total. The summed E-state index contributed by atoms with van der Waals surface area (Å²) in [5, 5.41) is 2.69. The average Bonchev–Trinajstić information content (AvgIpc) is 3.16. The maximum Gasteiger partial charge on any atom is 0.387 e. The molecule has 0 spiro atoms. The molecule has 2 heterocycles. The molecule has 138 valence electrons.